The van der Waals surface area contributed by atoms with Gasteiger partial charge in [0.25, 0.3) is 15.9 Å². The molecule has 0 spiro atoms. The summed E-state index contributed by atoms with van der Waals surface area (Å²) in [5.74, 6) is 0.918. The van der Waals surface area contributed by atoms with E-state index in [0.29, 0.717) is 22.7 Å². The fourth-order valence-electron chi connectivity index (χ4n) is 2.88. The van der Waals surface area contributed by atoms with Gasteiger partial charge in [-0.15, -0.1) is 0 Å². The van der Waals surface area contributed by atoms with Crippen molar-refractivity contribution in [1.82, 2.24) is 5.32 Å². The molecule has 8 heteroatoms. The first-order valence-corrected chi connectivity index (χ1v) is 10.6. The molecule has 0 unspecified atom stereocenters. The summed E-state index contributed by atoms with van der Waals surface area (Å²) in [6.45, 7) is 0.217. The van der Waals surface area contributed by atoms with Gasteiger partial charge < -0.3 is 14.8 Å². The smallest absolute Gasteiger partial charge is 0.261 e. The van der Waals surface area contributed by atoms with Gasteiger partial charge in [0.1, 0.15) is 11.5 Å². The standard InChI is InChI=1S/C22H22N2O5S/c1-28-20-9-6-10-21(29-2)19(20)15-23-22(25)16-11-13-17(14-12-16)24-30(26,27)18-7-4-3-5-8-18/h3-14,24H,15H2,1-2H3,(H,23,25). The highest BCUT2D eigenvalue weighted by Gasteiger charge is 2.15. The molecule has 0 radical (unpaired) electrons. The van der Waals surface area contributed by atoms with Crippen molar-refractivity contribution in [3.05, 3.63) is 83.9 Å². The minimum Gasteiger partial charge on any atom is -0.496 e. The van der Waals surface area contributed by atoms with Crippen molar-refractivity contribution in [2.75, 3.05) is 18.9 Å². The van der Waals surface area contributed by atoms with Gasteiger partial charge in [0.05, 0.1) is 31.2 Å². The molecule has 0 saturated carbocycles. The van der Waals surface area contributed by atoms with E-state index in [2.05, 4.69) is 10.0 Å². The second kappa shape index (κ2) is 9.32. The van der Waals surface area contributed by atoms with Crippen molar-refractivity contribution >= 4 is 21.6 Å². The Labute approximate surface area is 175 Å². The summed E-state index contributed by atoms with van der Waals surface area (Å²) in [4.78, 5) is 12.7. The molecule has 0 heterocycles. The van der Waals surface area contributed by atoms with Crippen molar-refractivity contribution < 1.29 is 22.7 Å². The molecule has 3 rings (SSSR count). The zero-order chi connectivity index (χ0) is 21.6. The summed E-state index contributed by atoms with van der Waals surface area (Å²) in [6.07, 6.45) is 0. The number of hydrogen-bond acceptors (Lipinski definition) is 5. The van der Waals surface area contributed by atoms with E-state index in [4.69, 9.17) is 9.47 Å². The van der Waals surface area contributed by atoms with Gasteiger partial charge in [-0.25, -0.2) is 8.42 Å². The number of methoxy groups -OCH3 is 2. The Morgan fingerprint density at radius 3 is 2.00 bits per heavy atom. The molecule has 3 aromatic rings. The molecule has 0 aromatic heterocycles. The lowest BCUT2D eigenvalue weighted by atomic mass is 10.1. The third-order valence-electron chi connectivity index (χ3n) is 4.41. The topological polar surface area (TPSA) is 93.7 Å². The maximum atomic E-state index is 12.5. The monoisotopic (exact) mass is 426 g/mol. The molecule has 0 fully saturated rings. The number of amides is 1. The Bertz CT molecular complexity index is 1090. The van der Waals surface area contributed by atoms with Crippen LogP contribution in [0.25, 0.3) is 0 Å². The van der Waals surface area contributed by atoms with Crippen LogP contribution in [0.5, 0.6) is 11.5 Å². The molecule has 0 saturated heterocycles. The average Bonchev–Trinajstić information content (AvgIpc) is 2.78. The highest BCUT2D eigenvalue weighted by Crippen LogP contribution is 2.28. The lowest BCUT2D eigenvalue weighted by Gasteiger charge is -2.14. The average molecular weight is 426 g/mol. The summed E-state index contributed by atoms with van der Waals surface area (Å²) >= 11 is 0. The van der Waals surface area contributed by atoms with Gasteiger partial charge in [-0.2, -0.15) is 0 Å². The van der Waals surface area contributed by atoms with E-state index in [1.807, 2.05) is 0 Å². The number of nitrogens with one attached hydrogen (secondary N) is 2. The normalized spacial score (nSPS) is 10.9. The predicted molar refractivity (Wildman–Crippen MR) is 114 cm³/mol. The number of sulfonamides is 1. The number of carbonyl (C=O) groups is 1. The van der Waals surface area contributed by atoms with Crippen molar-refractivity contribution in [3.8, 4) is 11.5 Å². The number of ether oxygens (including phenoxy) is 2. The van der Waals surface area contributed by atoms with E-state index in [9.17, 15) is 13.2 Å². The van der Waals surface area contributed by atoms with Crippen molar-refractivity contribution in [1.29, 1.82) is 0 Å². The van der Waals surface area contributed by atoms with Crippen LogP contribution in [-0.2, 0) is 16.6 Å². The van der Waals surface area contributed by atoms with Crippen molar-refractivity contribution in [2.45, 2.75) is 11.4 Å². The van der Waals surface area contributed by atoms with Gasteiger partial charge in [-0.1, -0.05) is 24.3 Å². The van der Waals surface area contributed by atoms with E-state index < -0.39 is 10.0 Å². The number of benzene rings is 3. The minimum atomic E-state index is -3.69. The van der Waals surface area contributed by atoms with E-state index >= 15 is 0 Å². The molecule has 0 aliphatic carbocycles. The van der Waals surface area contributed by atoms with Crippen LogP contribution >= 0.6 is 0 Å². The van der Waals surface area contributed by atoms with Crippen LogP contribution in [0, 0.1) is 0 Å². The summed E-state index contributed by atoms with van der Waals surface area (Å²) < 4.78 is 37.9. The second-order valence-electron chi connectivity index (χ2n) is 6.32. The zero-order valence-corrected chi connectivity index (χ0v) is 17.4. The molecular weight excluding hydrogens is 404 g/mol. The third kappa shape index (κ3) is 4.90. The van der Waals surface area contributed by atoms with E-state index in [1.165, 1.54) is 12.1 Å². The lowest BCUT2D eigenvalue weighted by molar-refractivity contribution is 0.0950. The van der Waals surface area contributed by atoms with E-state index in [-0.39, 0.29) is 17.3 Å². The second-order valence-corrected chi connectivity index (χ2v) is 8.00. The fraction of sp³-hybridized carbons (Fsp3) is 0.136. The highest BCUT2D eigenvalue weighted by atomic mass is 32.2. The first-order chi connectivity index (χ1) is 14.4. The Morgan fingerprint density at radius 1 is 0.833 bits per heavy atom. The van der Waals surface area contributed by atoms with Crippen LogP contribution in [0.15, 0.2) is 77.7 Å². The van der Waals surface area contributed by atoms with Gasteiger partial charge in [0.15, 0.2) is 0 Å². The van der Waals surface area contributed by atoms with E-state index in [0.717, 1.165) is 5.56 Å². The van der Waals surface area contributed by atoms with Crippen molar-refractivity contribution in [2.24, 2.45) is 0 Å². The SMILES string of the molecule is COc1cccc(OC)c1CNC(=O)c1ccc(NS(=O)(=O)c2ccccc2)cc1. The molecule has 30 heavy (non-hydrogen) atoms. The van der Waals surface area contributed by atoms with Crippen LogP contribution < -0.4 is 19.5 Å². The van der Waals surface area contributed by atoms with Gasteiger partial charge in [-0.05, 0) is 48.5 Å². The molecule has 0 bridgehead atoms. The van der Waals surface area contributed by atoms with Crippen LogP contribution in [-0.4, -0.2) is 28.5 Å². The van der Waals surface area contributed by atoms with Gasteiger partial charge in [0, 0.05) is 11.3 Å². The van der Waals surface area contributed by atoms with Crippen LogP contribution in [0.1, 0.15) is 15.9 Å². The molecule has 156 valence electrons. The van der Waals surface area contributed by atoms with Crippen molar-refractivity contribution in [3.63, 3.8) is 0 Å². The van der Waals surface area contributed by atoms with Gasteiger partial charge in [0.2, 0.25) is 0 Å². The van der Waals surface area contributed by atoms with Crippen LogP contribution in [0.3, 0.4) is 0 Å². The predicted octanol–water partition coefficient (Wildman–Crippen LogP) is 3.43. The first kappa shape index (κ1) is 21.2. The minimum absolute atomic E-state index is 0.164. The lowest BCUT2D eigenvalue weighted by Crippen LogP contribution is -2.23. The van der Waals surface area contributed by atoms with E-state index in [1.54, 1.807) is 74.9 Å². The van der Waals surface area contributed by atoms with Crippen LogP contribution in [0.4, 0.5) is 5.69 Å². The molecule has 2 N–H and O–H groups in total. The van der Waals surface area contributed by atoms with Gasteiger partial charge in [-0.3, -0.25) is 9.52 Å². The fourth-order valence-corrected chi connectivity index (χ4v) is 3.96. The molecule has 0 atom stereocenters. The first-order valence-electron chi connectivity index (χ1n) is 9.10. The Balaban J connectivity index is 1.68. The Morgan fingerprint density at radius 2 is 1.43 bits per heavy atom. The molecule has 0 aliphatic heterocycles. The van der Waals surface area contributed by atoms with Gasteiger partial charge >= 0.3 is 0 Å². The molecule has 1 amide bonds. The summed E-state index contributed by atoms with van der Waals surface area (Å²) in [6, 6.07) is 19.6. The number of hydrogen-bond donors (Lipinski definition) is 2. The Hall–Kier alpha value is -3.52. The Kier molecular flexibility index (Phi) is 6.58. The molecule has 0 aliphatic rings. The zero-order valence-electron chi connectivity index (χ0n) is 16.6. The maximum absolute atomic E-state index is 12.5. The third-order valence-corrected chi connectivity index (χ3v) is 5.81. The maximum Gasteiger partial charge on any atom is 0.261 e. The molecule has 3 aromatic carbocycles. The molecule has 7 nitrogen and oxygen atoms in total. The summed E-state index contributed by atoms with van der Waals surface area (Å²) in [7, 11) is -0.585. The quantitative estimate of drug-likeness (QED) is 0.576. The summed E-state index contributed by atoms with van der Waals surface area (Å²) in [5.41, 5.74) is 1.48. The summed E-state index contributed by atoms with van der Waals surface area (Å²) in [5, 5.41) is 2.82. The van der Waals surface area contributed by atoms with Crippen LogP contribution in [0.2, 0.25) is 0 Å². The number of carbonyl (C=O) groups excluding carboxylic acids is 1. The number of rotatable bonds is 8. The number of anilines is 1. The molecular formula is C22H22N2O5S. The largest absolute Gasteiger partial charge is 0.496 e. The highest BCUT2D eigenvalue weighted by molar-refractivity contribution is 7.92.